The van der Waals surface area contributed by atoms with E-state index in [4.69, 9.17) is 16.7 Å². The summed E-state index contributed by atoms with van der Waals surface area (Å²) in [4.78, 5) is 31.6. The number of carboxylic acid groups (broad SMARTS) is 1. The van der Waals surface area contributed by atoms with Gasteiger partial charge in [-0.05, 0) is 30.5 Å². The number of amides is 2. The van der Waals surface area contributed by atoms with Crippen molar-refractivity contribution in [3.8, 4) is 5.88 Å². The van der Waals surface area contributed by atoms with Crippen molar-refractivity contribution in [1.29, 1.82) is 0 Å². The lowest BCUT2D eigenvalue weighted by molar-refractivity contribution is -0.154. The monoisotopic (exact) mass is 444 g/mol. The number of ether oxygens (including phenoxy) is 1. The predicted octanol–water partition coefficient (Wildman–Crippen LogP) is 3.97. The zero-order chi connectivity index (χ0) is 21.9. The number of carbonyl (C=O) groups excluding carboxylic acids is 1. The van der Waals surface area contributed by atoms with Gasteiger partial charge in [-0.2, -0.15) is 13.2 Å². The third-order valence-electron chi connectivity index (χ3n) is 4.11. The molecule has 160 valence electrons. The maximum Gasteiger partial charge on any atom is 0.422 e. The Labute approximate surface area is 173 Å². The smallest absolute Gasteiger partial charge is 0.422 e. The molecule has 0 atom stereocenters. The number of hydrogen-bond acceptors (Lipinski definition) is 5. The third kappa shape index (κ3) is 5.72. The minimum absolute atomic E-state index is 0.0430. The first kappa shape index (κ1) is 21.6. The summed E-state index contributed by atoms with van der Waals surface area (Å²) < 4.78 is 41.2. The molecule has 2 heterocycles. The van der Waals surface area contributed by atoms with Gasteiger partial charge in [-0.1, -0.05) is 11.6 Å². The van der Waals surface area contributed by atoms with E-state index in [9.17, 15) is 22.8 Å². The predicted molar refractivity (Wildman–Crippen MR) is 99.8 cm³/mol. The Bertz CT molecular complexity index is 967. The largest absolute Gasteiger partial charge is 0.467 e. The number of rotatable bonds is 7. The van der Waals surface area contributed by atoms with Crippen LogP contribution in [0.2, 0.25) is 5.02 Å². The van der Waals surface area contributed by atoms with E-state index in [-0.39, 0.29) is 34.6 Å². The Balaban J connectivity index is 1.69. The van der Waals surface area contributed by atoms with Crippen molar-refractivity contribution in [3.63, 3.8) is 0 Å². The van der Waals surface area contributed by atoms with E-state index in [0.29, 0.717) is 11.3 Å². The number of nitrogens with one attached hydrogen (secondary N) is 2. The van der Waals surface area contributed by atoms with Gasteiger partial charge in [0.15, 0.2) is 6.61 Å². The van der Waals surface area contributed by atoms with Crippen molar-refractivity contribution in [1.82, 2.24) is 15.3 Å². The molecule has 12 heteroatoms. The molecule has 0 aliphatic heterocycles. The Morgan fingerprint density at radius 2 is 2.03 bits per heavy atom. The average Bonchev–Trinajstić information content (AvgIpc) is 3.49. The normalized spacial score (nSPS) is 13.6. The van der Waals surface area contributed by atoms with Gasteiger partial charge < -0.3 is 15.2 Å². The van der Waals surface area contributed by atoms with Crippen molar-refractivity contribution in [2.45, 2.75) is 31.5 Å². The van der Waals surface area contributed by atoms with Crippen LogP contribution in [0, 0.1) is 0 Å². The molecule has 0 unspecified atom stereocenters. The molecule has 2 aromatic rings. The Morgan fingerprint density at radius 3 is 2.63 bits per heavy atom. The fraction of sp³-hybridized carbons (Fsp3) is 0.333. The lowest BCUT2D eigenvalue weighted by Crippen LogP contribution is -2.25. The van der Waals surface area contributed by atoms with Crippen LogP contribution < -0.4 is 15.4 Å². The van der Waals surface area contributed by atoms with Crippen LogP contribution >= 0.6 is 11.6 Å². The van der Waals surface area contributed by atoms with Crippen LogP contribution in [0.25, 0.3) is 0 Å². The van der Waals surface area contributed by atoms with Gasteiger partial charge >= 0.3 is 12.3 Å². The lowest BCUT2D eigenvalue weighted by atomic mass is 10.1. The quantitative estimate of drug-likeness (QED) is 0.595. The molecule has 3 N–H and O–H groups in total. The van der Waals surface area contributed by atoms with Crippen molar-refractivity contribution in [2.24, 2.45) is 0 Å². The van der Waals surface area contributed by atoms with E-state index in [0.717, 1.165) is 12.8 Å². The van der Waals surface area contributed by atoms with Crippen LogP contribution in [-0.4, -0.2) is 39.9 Å². The van der Waals surface area contributed by atoms with E-state index >= 15 is 0 Å². The standard InChI is InChI=1S/C18H16ClF3N4O4/c19-12-5-9(7-25-16(12)30-8-18(20,21)22)6-24-15(27)11-3-4-23-13(10-1-2-10)14(11)26-17(28)29/h3-5,7,10,26H,1-2,6,8H2,(H,24,27)(H,28,29). The van der Waals surface area contributed by atoms with E-state index in [1.54, 1.807) is 0 Å². The van der Waals surface area contributed by atoms with Crippen molar-refractivity contribution < 1.29 is 32.6 Å². The molecule has 0 aromatic carbocycles. The summed E-state index contributed by atoms with van der Waals surface area (Å²) in [6.07, 6.45) is -1.47. The summed E-state index contributed by atoms with van der Waals surface area (Å²) in [5, 5.41) is 13.8. The molecule has 1 aliphatic rings. The maximum absolute atomic E-state index is 12.6. The number of anilines is 1. The number of carbonyl (C=O) groups is 2. The molecular formula is C18H16ClF3N4O4. The maximum atomic E-state index is 12.6. The minimum Gasteiger partial charge on any atom is -0.467 e. The lowest BCUT2D eigenvalue weighted by Gasteiger charge is -2.14. The van der Waals surface area contributed by atoms with Crippen molar-refractivity contribution in [3.05, 3.63) is 46.4 Å². The number of halogens is 4. The number of nitrogens with zero attached hydrogens (tertiary/aromatic N) is 2. The molecule has 0 bridgehead atoms. The highest BCUT2D eigenvalue weighted by Gasteiger charge is 2.31. The molecule has 30 heavy (non-hydrogen) atoms. The molecule has 1 saturated carbocycles. The van der Waals surface area contributed by atoms with Gasteiger partial charge in [0.25, 0.3) is 5.91 Å². The molecule has 2 amide bonds. The highest BCUT2D eigenvalue weighted by Crippen LogP contribution is 2.43. The molecular weight excluding hydrogens is 429 g/mol. The summed E-state index contributed by atoms with van der Waals surface area (Å²) >= 11 is 5.88. The topological polar surface area (TPSA) is 113 Å². The molecule has 8 nitrogen and oxygen atoms in total. The van der Waals surface area contributed by atoms with Crippen molar-refractivity contribution in [2.75, 3.05) is 11.9 Å². The fourth-order valence-corrected chi connectivity index (χ4v) is 2.91. The molecule has 3 rings (SSSR count). The Morgan fingerprint density at radius 1 is 1.30 bits per heavy atom. The van der Waals surface area contributed by atoms with Crippen LogP contribution in [0.1, 0.15) is 40.4 Å². The summed E-state index contributed by atoms with van der Waals surface area (Å²) in [5.74, 6) is -0.830. The summed E-state index contributed by atoms with van der Waals surface area (Å²) in [6.45, 7) is -1.57. The van der Waals surface area contributed by atoms with E-state index < -0.39 is 24.8 Å². The van der Waals surface area contributed by atoms with E-state index in [1.165, 1.54) is 24.5 Å². The Hall–Kier alpha value is -3.08. The zero-order valence-electron chi connectivity index (χ0n) is 15.3. The average molecular weight is 445 g/mol. The second-order valence-electron chi connectivity index (χ2n) is 6.54. The van der Waals surface area contributed by atoms with Gasteiger partial charge in [-0.3, -0.25) is 15.1 Å². The molecule has 2 aromatic heterocycles. The van der Waals surface area contributed by atoms with Crippen LogP contribution in [0.15, 0.2) is 24.5 Å². The summed E-state index contributed by atoms with van der Waals surface area (Å²) in [7, 11) is 0. The van der Waals surface area contributed by atoms with Crippen LogP contribution in [0.3, 0.4) is 0 Å². The zero-order valence-corrected chi connectivity index (χ0v) is 16.0. The van der Waals surface area contributed by atoms with Crippen LogP contribution in [-0.2, 0) is 6.54 Å². The van der Waals surface area contributed by atoms with E-state index in [1.807, 2.05) is 0 Å². The van der Waals surface area contributed by atoms with Gasteiger partial charge in [0, 0.05) is 24.9 Å². The number of alkyl halides is 3. The number of hydrogen-bond donors (Lipinski definition) is 3. The first-order chi connectivity index (χ1) is 14.1. The second kappa shape index (κ2) is 8.74. The van der Waals surface area contributed by atoms with Crippen molar-refractivity contribution >= 4 is 29.3 Å². The molecule has 0 saturated heterocycles. The molecule has 0 spiro atoms. The van der Waals surface area contributed by atoms with Gasteiger partial charge in [0.1, 0.15) is 5.02 Å². The number of pyridine rings is 2. The van der Waals surface area contributed by atoms with Crippen LogP contribution in [0.5, 0.6) is 5.88 Å². The van der Waals surface area contributed by atoms with Gasteiger partial charge in [-0.15, -0.1) is 0 Å². The molecule has 1 fully saturated rings. The fourth-order valence-electron chi connectivity index (χ4n) is 2.67. The van der Waals surface area contributed by atoms with Gasteiger partial charge in [0.2, 0.25) is 5.88 Å². The second-order valence-corrected chi connectivity index (χ2v) is 6.95. The minimum atomic E-state index is -4.52. The highest BCUT2D eigenvalue weighted by molar-refractivity contribution is 6.31. The SMILES string of the molecule is O=C(O)Nc1c(C(=O)NCc2cnc(OCC(F)(F)F)c(Cl)c2)ccnc1C1CC1. The Kier molecular flexibility index (Phi) is 6.30. The molecule has 1 aliphatic carbocycles. The third-order valence-corrected chi connectivity index (χ3v) is 4.38. The summed E-state index contributed by atoms with van der Waals surface area (Å²) in [6, 6.07) is 2.71. The first-order valence-corrected chi connectivity index (χ1v) is 9.13. The van der Waals surface area contributed by atoms with Gasteiger partial charge in [-0.25, -0.2) is 9.78 Å². The highest BCUT2D eigenvalue weighted by atomic mass is 35.5. The van der Waals surface area contributed by atoms with Gasteiger partial charge in [0.05, 0.1) is 16.9 Å². The molecule has 0 radical (unpaired) electrons. The van der Waals surface area contributed by atoms with E-state index in [2.05, 4.69) is 25.3 Å². The number of aromatic nitrogens is 2. The first-order valence-electron chi connectivity index (χ1n) is 8.75. The summed E-state index contributed by atoms with van der Waals surface area (Å²) in [5.41, 5.74) is 1.17. The van der Waals surface area contributed by atoms with Crippen LogP contribution in [0.4, 0.5) is 23.7 Å².